The lowest BCUT2D eigenvalue weighted by molar-refractivity contribution is -0.0969. The van der Waals surface area contributed by atoms with Gasteiger partial charge in [-0.2, -0.15) is 0 Å². The van der Waals surface area contributed by atoms with Crippen molar-refractivity contribution in [3.05, 3.63) is 36.0 Å². The first-order valence-corrected chi connectivity index (χ1v) is 5.71. The molecular formula is C13H14O2. The maximum atomic E-state index is 5.83. The minimum atomic E-state index is -0.502. The highest BCUT2D eigenvalue weighted by Crippen LogP contribution is 2.58. The van der Waals surface area contributed by atoms with E-state index in [-0.39, 0.29) is 5.41 Å². The summed E-state index contributed by atoms with van der Waals surface area (Å²) in [6, 6.07) is 0. The smallest absolute Gasteiger partial charge is 0.212 e. The first-order chi connectivity index (χ1) is 7.33. The van der Waals surface area contributed by atoms with Gasteiger partial charge in [-0.15, -0.1) is 0 Å². The minimum absolute atomic E-state index is 0.226. The Morgan fingerprint density at radius 3 is 2.87 bits per heavy atom. The Morgan fingerprint density at radius 2 is 2.07 bits per heavy atom. The quantitative estimate of drug-likeness (QED) is 0.561. The second-order valence-corrected chi connectivity index (χ2v) is 4.93. The Hall–Kier alpha value is -0.860. The van der Waals surface area contributed by atoms with Crippen molar-refractivity contribution in [3.63, 3.8) is 0 Å². The standard InChI is InChI=1S/C13H14O2/c1-3-12-5-2-10(9-12)8-11(12)13(4-1)14-6-7-15-13/h1-2,4-5,8,10H,3,6-7,9H2. The lowest BCUT2D eigenvalue weighted by atomic mass is 9.72. The van der Waals surface area contributed by atoms with Crippen LogP contribution >= 0.6 is 0 Å². The third-order valence-corrected chi connectivity index (χ3v) is 4.09. The van der Waals surface area contributed by atoms with Crippen LogP contribution in [0.3, 0.4) is 0 Å². The van der Waals surface area contributed by atoms with Gasteiger partial charge in [-0.3, -0.25) is 0 Å². The Morgan fingerprint density at radius 1 is 1.20 bits per heavy atom. The van der Waals surface area contributed by atoms with Gasteiger partial charge in [-0.1, -0.05) is 24.3 Å². The molecule has 0 amide bonds. The van der Waals surface area contributed by atoms with Gasteiger partial charge in [0.2, 0.25) is 5.79 Å². The van der Waals surface area contributed by atoms with E-state index in [9.17, 15) is 0 Å². The summed E-state index contributed by atoms with van der Waals surface area (Å²) in [5.74, 6) is 0.113. The third kappa shape index (κ3) is 0.876. The molecule has 2 nitrogen and oxygen atoms in total. The van der Waals surface area contributed by atoms with E-state index in [1.807, 2.05) is 0 Å². The summed E-state index contributed by atoms with van der Waals surface area (Å²) < 4.78 is 11.7. The molecule has 2 heteroatoms. The van der Waals surface area contributed by atoms with Crippen molar-refractivity contribution in [2.24, 2.45) is 11.3 Å². The molecule has 3 aliphatic carbocycles. The Bertz CT molecular complexity index is 399. The zero-order chi connectivity index (χ0) is 9.93. The average molecular weight is 202 g/mol. The Kier molecular flexibility index (Phi) is 1.35. The molecule has 1 saturated heterocycles. The number of rotatable bonds is 0. The van der Waals surface area contributed by atoms with Crippen molar-refractivity contribution in [2.45, 2.75) is 18.6 Å². The molecule has 0 aromatic carbocycles. The van der Waals surface area contributed by atoms with Crippen LogP contribution in [0.5, 0.6) is 0 Å². The van der Waals surface area contributed by atoms with E-state index in [2.05, 4.69) is 30.4 Å². The van der Waals surface area contributed by atoms with E-state index in [4.69, 9.17) is 9.47 Å². The summed E-state index contributed by atoms with van der Waals surface area (Å²) in [4.78, 5) is 0. The topological polar surface area (TPSA) is 18.5 Å². The van der Waals surface area contributed by atoms with Crippen LogP contribution in [0.1, 0.15) is 12.8 Å². The largest absolute Gasteiger partial charge is 0.340 e. The van der Waals surface area contributed by atoms with E-state index in [0.717, 1.165) is 6.42 Å². The summed E-state index contributed by atoms with van der Waals surface area (Å²) in [6.45, 7) is 1.43. The Balaban J connectivity index is 1.87. The van der Waals surface area contributed by atoms with Crippen LogP contribution in [0.25, 0.3) is 0 Å². The predicted molar refractivity (Wildman–Crippen MR) is 56.2 cm³/mol. The molecule has 2 unspecified atom stereocenters. The highest BCUT2D eigenvalue weighted by Gasteiger charge is 2.54. The van der Waals surface area contributed by atoms with Crippen molar-refractivity contribution < 1.29 is 9.47 Å². The van der Waals surface area contributed by atoms with Crippen molar-refractivity contribution >= 4 is 0 Å². The van der Waals surface area contributed by atoms with Crippen LogP contribution in [0, 0.1) is 11.3 Å². The lowest BCUT2D eigenvalue weighted by Gasteiger charge is -2.39. The van der Waals surface area contributed by atoms with Crippen molar-refractivity contribution in [1.29, 1.82) is 0 Å². The van der Waals surface area contributed by atoms with Gasteiger partial charge in [0.05, 0.1) is 13.2 Å². The van der Waals surface area contributed by atoms with E-state index >= 15 is 0 Å². The molecular weight excluding hydrogens is 188 g/mol. The summed E-state index contributed by atoms with van der Waals surface area (Å²) in [5, 5.41) is 0. The fraction of sp³-hybridized carbons (Fsp3) is 0.538. The van der Waals surface area contributed by atoms with E-state index < -0.39 is 5.79 Å². The number of hydrogen-bond acceptors (Lipinski definition) is 2. The normalized spacial score (nSPS) is 43.7. The first kappa shape index (κ1) is 8.31. The molecule has 2 spiro atoms. The summed E-state index contributed by atoms with van der Waals surface area (Å²) >= 11 is 0. The van der Waals surface area contributed by atoms with E-state index in [0.29, 0.717) is 19.1 Å². The molecule has 2 bridgehead atoms. The van der Waals surface area contributed by atoms with Gasteiger partial charge >= 0.3 is 0 Å². The van der Waals surface area contributed by atoms with Gasteiger partial charge < -0.3 is 9.47 Å². The second kappa shape index (κ2) is 2.45. The van der Waals surface area contributed by atoms with Crippen LogP contribution < -0.4 is 0 Å². The number of allylic oxidation sites excluding steroid dienone is 4. The highest BCUT2D eigenvalue weighted by atomic mass is 16.7. The molecule has 4 rings (SSSR count). The maximum Gasteiger partial charge on any atom is 0.212 e. The molecule has 4 aliphatic rings. The van der Waals surface area contributed by atoms with Crippen molar-refractivity contribution in [1.82, 2.24) is 0 Å². The summed E-state index contributed by atoms with van der Waals surface area (Å²) in [6.07, 6.45) is 13.7. The molecule has 0 aromatic rings. The predicted octanol–water partition coefficient (Wildman–Crippen LogP) is 2.19. The second-order valence-electron chi connectivity index (χ2n) is 4.93. The van der Waals surface area contributed by atoms with Gasteiger partial charge in [0.1, 0.15) is 0 Å². The molecule has 0 aromatic heterocycles. The third-order valence-electron chi connectivity index (χ3n) is 4.09. The molecule has 0 radical (unpaired) electrons. The molecule has 2 atom stereocenters. The van der Waals surface area contributed by atoms with Crippen LogP contribution in [-0.2, 0) is 9.47 Å². The van der Waals surface area contributed by atoms with Crippen LogP contribution in [0.15, 0.2) is 36.0 Å². The van der Waals surface area contributed by atoms with Gasteiger partial charge in [0.15, 0.2) is 0 Å². The van der Waals surface area contributed by atoms with Gasteiger partial charge in [-0.25, -0.2) is 0 Å². The lowest BCUT2D eigenvalue weighted by Crippen LogP contribution is -2.39. The summed E-state index contributed by atoms with van der Waals surface area (Å²) in [5.41, 5.74) is 1.59. The van der Waals surface area contributed by atoms with E-state index in [1.54, 1.807) is 0 Å². The molecule has 1 aliphatic heterocycles. The number of hydrogen-bond donors (Lipinski definition) is 0. The Labute approximate surface area is 89.3 Å². The summed E-state index contributed by atoms with van der Waals surface area (Å²) in [7, 11) is 0. The van der Waals surface area contributed by atoms with Crippen LogP contribution in [-0.4, -0.2) is 19.0 Å². The SMILES string of the molecule is C1=CC2(OCCO2)C2=CC3C=CC2(C1)C3. The molecule has 0 N–H and O–H groups in total. The van der Waals surface area contributed by atoms with Crippen molar-refractivity contribution in [3.8, 4) is 0 Å². The van der Waals surface area contributed by atoms with Crippen LogP contribution in [0.2, 0.25) is 0 Å². The molecule has 0 saturated carbocycles. The molecule has 78 valence electrons. The zero-order valence-corrected chi connectivity index (χ0v) is 8.61. The monoisotopic (exact) mass is 202 g/mol. The maximum absolute atomic E-state index is 5.83. The molecule has 1 fully saturated rings. The van der Waals surface area contributed by atoms with Gasteiger partial charge in [0, 0.05) is 5.41 Å². The van der Waals surface area contributed by atoms with Crippen LogP contribution in [0.4, 0.5) is 0 Å². The average Bonchev–Trinajstić information content (AvgIpc) is 2.90. The first-order valence-electron chi connectivity index (χ1n) is 5.71. The number of fused-ring (bicyclic) bond motifs is 2. The highest BCUT2D eigenvalue weighted by molar-refractivity contribution is 5.46. The van der Waals surface area contributed by atoms with Crippen molar-refractivity contribution in [2.75, 3.05) is 13.2 Å². The van der Waals surface area contributed by atoms with Gasteiger partial charge in [0.25, 0.3) is 0 Å². The molecule has 15 heavy (non-hydrogen) atoms. The minimum Gasteiger partial charge on any atom is -0.340 e. The van der Waals surface area contributed by atoms with Gasteiger partial charge in [-0.05, 0) is 30.4 Å². The molecule has 1 heterocycles. The fourth-order valence-corrected chi connectivity index (χ4v) is 3.48. The zero-order valence-electron chi connectivity index (χ0n) is 8.61. The fourth-order valence-electron chi connectivity index (χ4n) is 3.48. The van der Waals surface area contributed by atoms with E-state index in [1.165, 1.54) is 12.0 Å². The number of ether oxygens (including phenoxy) is 2.